The van der Waals surface area contributed by atoms with Gasteiger partial charge in [0.25, 0.3) is 0 Å². The molecule has 0 spiro atoms. The van der Waals surface area contributed by atoms with Gasteiger partial charge in [-0.15, -0.1) is 11.8 Å². The molecule has 1 aromatic carbocycles. The summed E-state index contributed by atoms with van der Waals surface area (Å²) >= 11 is 5.28. The van der Waals surface area contributed by atoms with Gasteiger partial charge in [-0.3, -0.25) is 0 Å². The largest absolute Gasteiger partial charge is 0.207 e. The zero-order chi connectivity index (χ0) is 13.1. The summed E-state index contributed by atoms with van der Waals surface area (Å²) in [6.07, 6.45) is 9.34. The number of hydrogen-bond acceptors (Lipinski definition) is 1. The smallest absolute Gasteiger partial charge is 0.123 e. The second kappa shape index (κ2) is 10.9. The Hall–Kier alpha value is -0.0200. The summed E-state index contributed by atoms with van der Waals surface area (Å²) in [7, 11) is 0. The third-order valence-corrected chi connectivity index (χ3v) is 4.52. The summed E-state index contributed by atoms with van der Waals surface area (Å²) in [5.74, 6) is 0.996. The van der Waals surface area contributed by atoms with Crippen LogP contribution in [0.25, 0.3) is 0 Å². The molecule has 0 aliphatic heterocycles. The zero-order valence-corrected chi connectivity index (χ0v) is 13.2. The quantitative estimate of drug-likeness (QED) is 0.286. The van der Waals surface area contributed by atoms with Crippen LogP contribution in [0.3, 0.4) is 0 Å². The van der Waals surface area contributed by atoms with Crippen molar-refractivity contribution in [3.8, 4) is 0 Å². The zero-order valence-electron chi connectivity index (χ0n) is 10.8. The third-order valence-electron chi connectivity index (χ3n) is 2.86. The molecule has 0 nitrogen and oxygen atoms in total. The maximum absolute atomic E-state index is 12.7. The Kier molecular flexibility index (Phi) is 9.68. The monoisotopic (exact) mass is 332 g/mol. The van der Waals surface area contributed by atoms with Gasteiger partial charge in [0.05, 0.1) is 0 Å². The van der Waals surface area contributed by atoms with Crippen LogP contribution in [0.15, 0.2) is 29.2 Å². The number of hydrogen-bond donors (Lipinski definition) is 0. The molecule has 0 aliphatic carbocycles. The van der Waals surface area contributed by atoms with Crippen molar-refractivity contribution in [1.29, 1.82) is 0 Å². The van der Waals surface area contributed by atoms with E-state index in [1.54, 1.807) is 0 Å². The van der Waals surface area contributed by atoms with E-state index in [0.717, 1.165) is 11.1 Å². The predicted octanol–water partition coefficient (Wildman–Crippen LogP) is 6.04. The van der Waals surface area contributed by atoms with Crippen LogP contribution in [0.4, 0.5) is 4.39 Å². The fraction of sp³-hybridized carbons (Fsp3) is 0.600. The minimum absolute atomic E-state index is 0.150. The Bertz CT molecular complexity index is 300. The van der Waals surface area contributed by atoms with Gasteiger partial charge >= 0.3 is 0 Å². The van der Waals surface area contributed by atoms with Crippen LogP contribution in [0, 0.1) is 5.82 Å². The number of rotatable bonds is 10. The number of alkyl halides is 1. The summed E-state index contributed by atoms with van der Waals surface area (Å²) in [5.41, 5.74) is 0. The molecule has 0 unspecified atom stereocenters. The summed E-state index contributed by atoms with van der Waals surface area (Å²) in [4.78, 5) is 1.17. The molecule has 0 saturated heterocycles. The van der Waals surface area contributed by atoms with Gasteiger partial charge in [0.15, 0.2) is 0 Å². The van der Waals surface area contributed by atoms with E-state index in [4.69, 9.17) is 0 Å². The first kappa shape index (κ1) is 16.0. The van der Waals surface area contributed by atoms with Gasteiger partial charge in [0.2, 0.25) is 0 Å². The van der Waals surface area contributed by atoms with Gasteiger partial charge in [-0.25, -0.2) is 4.39 Å². The molecule has 0 atom stereocenters. The van der Waals surface area contributed by atoms with Gasteiger partial charge < -0.3 is 0 Å². The topological polar surface area (TPSA) is 0 Å². The van der Waals surface area contributed by atoms with Crippen molar-refractivity contribution in [2.24, 2.45) is 0 Å². The highest BCUT2D eigenvalue weighted by Gasteiger charge is 1.96. The first-order chi connectivity index (χ1) is 8.83. The Balaban J connectivity index is 1.91. The highest BCUT2D eigenvalue weighted by molar-refractivity contribution is 9.09. The van der Waals surface area contributed by atoms with E-state index >= 15 is 0 Å². The minimum atomic E-state index is -0.150. The molecule has 1 aromatic rings. The molecule has 0 bridgehead atoms. The van der Waals surface area contributed by atoms with Crippen LogP contribution in [0.5, 0.6) is 0 Å². The Labute approximate surface area is 123 Å². The maximum atomic E-state index is 12.7. The second-order valence-corrected chi connectivity index (χ2v) is 6.43. The van der Waals surface area contributed by atoms with E-state index in [9.17, 15) is 4.39 Å². The predicted molar refractivity (Wildman–Crippen MR) is 83.2 cm³/mol. The number of benzene rings is 1. The fourth-order valence-corrected chi connectivity index (χ4v) is 3.11. The normalized spacial score (nSPS) is 10.8. The summed E-state index contributed by atoms with van der Waals surface area (Å²) in [5, 5.41) is 1.14. The van der Waals surface area contributed by atoms with Gasteiger partial charge in [0.1, 0.15) is 5.82 Å². The lowest BCUT2D eigenvalue weighted by Crippen LogP contribution is -1.84. The molecule has 0 aromatic heterocycles. The van der Waals surface area contributed by atoms with E-state index in [2.05, 4.69) is 15.9 Å². The van der Waals surface area contributed by atoms with Gasteiger partial charge in [-0.1, -0.05) is 48.0 Å². The van der Waals surface area contributed by atoms with Gasteiger partial charge in [-0.05, 0) is 42.9 Å². The molecule has 0 radical (unpaired) electrons. The Morgan fingerprint density at radius 2 is 1.39 bits per heavy atom. The molecule has 0 saturated carbocycles. The lowest BCUT2D eigenvalue weighted by atomic mass is 10.1. The highest BCUT2D eigenvalue weighted by Crippen LogP contribution is 2.20. The molecular formula is C15H22BrFS. The number of halogens is 2. The van der Waals surface area contributed by atoms with Crippen molar-refractivity contribution in [2.75, 3.05) is 11.1 Å². The van der Waals surface area contributed by atoms with E-state index in [1.807, 2.05) is 23.9 Å². The van der Waals surface area contributed by atoms with E-state index in [1.165, 1.54) is 62.0 Å². The van der Waals surface area contributed by atoms with Crippen LogP contribution in [-0.2, 0) is 0 Å². The molecule has 1 rings (SSSR count). The summed E-state index contributed by atoms with van der Waals surface area (Å²) < 4.78 is 12.7. The van der Waals surface area contributed by atoms with Crippen molar-refractivity contribution in [3.05, 3.63) is 30.1 Å². The first-order valence-corrected chi connectivity index (χ1v) is 8.88. The number of thioether (sulfide) groups is 1. The molecule has 0 N–H and O–H groups in total. The SMILES string of the molecule is Fc1ccc(SCCCCCCCCCBr)cc1. The third kappa shape index (κ3) is 8.15. The number of unbranched alkanes of at least 4 members (excludes halogenated alkanes) is 6. The van der Waals surface area contributed by atoms with Crippen molar-refractivity contribution in [1.82, 2.24) is 0 Å². The first-order valence-electron chi connectivity index (χ1n) is 6.77. The van der Waals surface area contributed by atoms with Crippen molar-refractivity contribution < 1.29 is 4.39 Å². The van der Waals surface area contributed by atoms with Crippen LogP contribution >= 0.6 is 27.7 Å². The van der Waals surface area contributed by atoms with E-state index in [-0.39, 0.29) is 5.82 Å². The lowest BCUT2D eigenvalue weighted by Gasteiger charge is -2.02. The average Bonchev–Trinajstić information content (AvgIpc) is 2.39. The van der Waals surface area contributed by atoms with Gasteiger partial charge in [-0.2, -0.15) is 0 Å². The average molecular weight is 333 g/mol. The molecule has 0 heterocycles. The molecule has 102 valence electrons. The Morgan fingerprint density at radius 1 is 0.833 bits per heavy atom. The summed E-state index contributed by atoms with van der Waals surface area (Å²) in [6, 6.07) is 6.79. The molecule has 18 heavy (non-hydrogen) atoms. The molecule has 0 amide bonds. The highest BCUT2D eigenvalue weighted by atomic mass is 79.9. The van der Waals surface area contributed by atoms with Gasteiger partial charge in [0, 0.05) is 10.2 Å². The van der Waals surface area contributed by atoms with Crippen molar-refractivity contribution in [3.63, 3.8) is 0 Å². The minimum Gasteiger partial charge on any atom is -0.207 e. The van der Waals surface area contributed by atoms with Crippen LogP contribution in [0.2, 0.25) is 0 Å². The van der Waals surface area contributed by atoms with E-state index in [0.29, 0.717) is 0 Å². The van der Waals surface area contributed by atoms with Crippen LogP contribution < -0.4 is 0 Å². The molecule has 0 fully saturated rings. The van der Waals surface area contributed by atoms with Crippen molar-refractivity contribution >= 4 is 27.7 Å². The van der Waals surface area contributed by atoms with Crippen LogP contribution in [0.1, 0.15) is 44.9 Å². The molecule has 0 aliphatic rings. The van der Waals surface area contributed by atoms with Crippen LogP contribution in [-0.4, -0.2) is 11.1 Å². The summed E-state index contributed by atoms with van der Waals surface area (Å²) in [6.45, 7) is 0. The second-order valence-electron chi connectivity index (χ2n) is 4.47. The maximum Gasteiger partial charge on any atom is 0.123 e. The molecular weight excluding hydrogens is 311 g/mol. The Morgan fingerprint density at radius 3 is 2.00 bits per heavy atom. The lowest BCUT2D eigenvalue weighted by molar-refractivity contribution is 0.606. The standard InChI is InChI=1S/C15H22BrFS/c16-12-6-4-2-1-3-5-7-13-18-15-10-8-14(17)9-11-15/h8-11H,1-7,12-13H2. The fourth-order valence-electron chi connectivity index (χ4n) is 1.80. The van der Waals surface area contributed by atoms with Crippen molar-refractivity contribution in [2.45, 2.75) is 49.8 Å². The molecule has 3 heteroatoms. The van der Waals surface area contributed by atoms with E-state index < -0.39 is 0 Å².